The molecule has 0 aliphatic carbocycles. The normalized spacial score (nSPS) is 14.6. The van der Waals surface area contributed by atoms with Crippen LogP contribution in [0.3, 0.4) is 0 Å². The molecular weight excluding hydrogens is 396 g/mol. The minimum Gasteiger partial charge on any atom is -0.493 e. The Bertz CT molecular complexity index is 953. The molecule has 7 nitrogen and oxygen atoms in total. The lowest BCUT2D eigenvalue weighted by molar-refractivity contribution is -0.123. The van der Waals surface area contributed by atoms with Crippen molar-refractivity contribution < 1.29 is 23.8 Å². The average Bonchev–Trinajstić information content (AvgIpc) is 3.11. The highest BCUT2D eigenvalue weighted by atomic mass is 16.5. The lowest BCUT2D eigenvalue weighted by Crippen LogP contribution is -2.28. The van der Waals surface area contributed by atoms with Crippen molar-refractivity contribution in [1.29, 1.82) is 0 Å². The van der Waals surface area contributed by atoms with Crippen molar-refractivity contribution in [2.45, 2.75) is 33.3 Å². The van der Waals surface area contributed by atoms with E-state index >= 15 is 0 Å². The van der Waals surface area contributed by atoms with Gasteiger partial charge in [-0.3, -0.25) is 9.59 Å². The van der Waals surface area contributed by atoms with E-state index in [-0.39, 0.29) is 24.5 Å². The summed E-state index contributed by atoms with van der Waals surface area (Å²) in [5, 5.41) is 5.47. The number of hydrogen-bond donors (Lipinski definition) is 2. The molecule has 1 aliphatic rings. The molecule has 0 radical (unpaired) electrons. The molecule has 0 aromatic heterocycles. The second-order valence-corrected chi connectivity index (χ2v) is 7.15. The number of rotatable bonds is 9. The number of benzene rings is 2. The first kappa shape index (κ1) is 22.2. The van der Waals surface area contributed by atoms with Crippen molar-refractivity contribution >= 4 is 23.6 Å². The molecular formula is C24H28N2O5. The molecule has 1 heterocycles. The van der Waals surface area contributed by atoms with Gasteiger partial charge < -0.3 is 24.8 Å². The fraction of sp³-hybridized carbons (Fsp3) is 0.333. The monoisotopic (exact) mass is 424 g/mol. The van der Waals surface area contributed by atoms with Crippen molar-refractivity contribution in [3.05, 3.63) is 53.6 Å². The number of carbonyl (C=O) groups is 2. The molecule has 0 saturated carbocycles. The molecule has 3 rings (SSSR count). The lowest BCUT2D eigenvalue weighted by atomic mass is 10.1. The highest BCUT2D eigenvalue weighted by Crippen LogP contribution is 2.35. The molecule has 2 aromatic rings. The Balaban J connectivity index is 1.60. The number of carbonyl (C=O) groups excluding carboxylic acids is 2. The topological polar surface area (TPSA) is 85.9 Å². The van der Waals surface area contributed by atoms with Crippen LogP contribution in [0.1, 0.15) is 31.9 Å². The summed E-state index contributed by atoms with van der Waals surface area (Å²) >= 11 is 0. The van der Waals surface area contributed by atoms with Gasteiger partial charge in [0.1, 0.15) is 23.4 Å². The maximum atomic E-state index is 12.4. The fourth-order valence-corrected chi connectivity index (χ4v) is 3.25. The summed E-state index contributed by atoms with van der Waals surface area (Å²) in [5.74, 6) is 1.67. The van der Waals surface area contributed by atoms with Gasteiger partial charge in [0.05, 0.1) is 6.61 Å². The summed E-state index contributed by atoms with van der Waals surface area (Å²) < 4.78 is 17.0. The molecule has 1 aliphatic heterocycles. The second-order valence-electron chi connectivity index (χ2n) is 7.15. The number of nitrogens with one attached hydrogen (secondary N) is 2. The molecule has 0 saturated heterocycles. The summed E-state index contributed by atoms with van der Waals surface area (Å²) in [6, 6.07) is 10.7. The van der Waals surface area contributed by atoms with Gasteiger partial charge in [0, 0.05) is 35.9 Å². The molecule has 0 spiro atoms. The third kappa shape index (κ3) is 6.25. The van der Waals surface area contributed by atoms with Crippen LogP contribution in [-0.4, -0.2) is 37.7 Å². The smallest absolute Gasteiger partial charge is 0.257 e. The van der Waals surface area contributed by atoms with E-state index in [4.69, 9.17) is 14.2 Å². The molecule has 2 aromatic carbocycles. The van der Waals surface area contributed by atoms with Gasteiger partial charge >= 0.3 is 0 Å². The maximum absolute atomic E-state index is 12.4. The molecule has 2 N–H and O–H groups in total. The maximum Gasteiger partial charge on any atom is 0.257 e. The summed E-state index contributed by atoms with van der Waals surface area (Å²) in [4.78, 5) is 23.8. The van der Waals surface area contributed by atoms with Gasteiger partial charge in [-0.15, -0.1) is 0 Å². The van der Waals surface area contributed by atoms with Crippen LogP contribution in [0.15, 0.2) is 42.5 Å². The van der Waals surface area contributed by atoms with Crippen molar-refractivity contribution in [2.75, 3.05) is 25.1 Å². The number of amides is 2. The van der Waals surface area contributed by atoms with E-state index < -0.39 is 0 Å². The Kier molecular flexibility index (Phi) is 7.54. The van der Waals surface area contributed by atoms with Crippen LogP contribution >= 0.6 is 0 Å². The van der Waals surface area contributed by atoms with Crippen LogP contribution in [0.25, 0.3) is 6.08 Å². The number of likely N-dealkylation sites (N-methyl/N-ethyl adjacent to an activating group) is 1. The zero-order valence-corrected chi connectivity index (χ0v) is 18.1. The van der Waals surface area contributed by atoms with E-state index in [1.54, 1.807) is 30.3 Å². The molecule has 31 heavy (non-hydrogen) atoms. The van der Waals surface area contributed by atoms with Crippen LogP contribution in [0, 0.1) is 0 Å². The number of fused-ring (bicyclic) bond motifs is 1. The SMILES string of the molecule is CCNC(=O)COc1ccc(NC(=O)/C=C/c2cc3c(cc2OCC)CC(C)O3)cc1. The summed E-state index contributed by atoms with van der Waals surface area (Å²) in [6.45, 7) is 6.85. The molecule has 7 heteroatoms. The van der Waals surface area contributed by atoms with Gasteiger partial charge in [0.2, 0.25) is 5.91 Å². The van der Waals surface area contributed by atoms with E-state index in [1.165, 1.54) is 6.08 Å². The minimum atomic E-state index is -0.270. The van der Waals surface area contributed by atoms with Crippen molar-refractivity contribution in [3.63, 3.8) is 0 Å². The lowest BCUT2D eigenvalue weighted by Gasteiger charge is -2.10. The highest BCUT2D eigenvalue weighted by molar-refractivity contribution is 6.02. The largest absolute Gasteiger partial charge is 0.493 e. The predicted molar refractivity (Wildman–Crippen MR) is 120 cm³/mol. The van der Waals surface area contributed by atoms with Crippen LogP contribution < -0.4 is 24.8 Å². The van der Waals surface area contributed by atoms with Gasteiger partial charge in [0.25, 0.3) is 5.91 Å². The van der Waals surface area contributed by atoms with Gasteiger partial charge in [0.15, 0.2) is 6.61 Å². The van der Waals surface area contributed by atoms with Crippen LogP contribution in [0.2, 0.25) is 0 Å². The third-order valence-corrected chi connectivity index (χ3v) is 4.61. The van der Waals surface area contributed by atoms with Gasteiger partial charge in [-0.1, -0.05) is 0 Å². The molecule has 0 bridgehead atoms. The van der Waals surface area contributed by atoms with E-state index in [0.717, 1.165) is 29.0 Å². The fourth-order valence-electron chi connectivity index (χ4n) is 3.25. The van der Waals surface area contributed by atoms with Gasteiger partial charge in [-0.05, 0) is 63.2 Å². The molecule has 0 fully saturated rings. The van der Waals surface area contributed by atoms with E-state index in [1.807, 2.05) is 32.9 Å². The Morgan fingerprint density at radius 2 is 1.94 bits per heavy atom. The van der Waals surface area contributed by atoms with Crippen molar-refractivity contribution in [2.24, 2.45) is 0 Å². The minimum absolute atomic E-state index is 0.0479. The quantitative estimate of drug-likeness (QED) is 0.601. The third-order valence-electron chi connectivity index (χ3n) is 4.61. The van der Waals surface area contributed by atoms with E-state index in [2.05, 4.69) is 10.6 Å². The summed E-state index contributed by atoms with van der Waals surface area (Å²) in [6.07, 6.45) is 4.17. The first-order valence-electron chi connectivity index (χ1n) is 10.4. The molecule has 1 atom stereocenters. The first-order chi connectivity index (χ1) is 15.0. The Morgan fingerprint density at radius 1 is 1.16 bits per heavy atom. The standard InChI is InChI=1S/C24H28N2O5/c1-4-25-24(28)15-30-20-9-7-19(8-10-20)26-23(27)11-6-17-13-22-18(12-16(3)31-22)14-21(17)29-5-2/h6-11,13-14,16H,4-5,12,15H2,1-3H3,(H,25,28)(H,26,27)/b11-6+. The zero-order chi connectivity index (χ0) is 22.2. The Morgan fingerprint density at radius 3 is 2.65 bits per heavy atom. The number of ether oxygens (including phenoxy) is 3. The Hall–Kier alpha value is -3.48. The number of hydrogen-bond acceptors (Lipinski definition) is 5. The van der Waals surface area contributed by atoms with Crippen LogP contribution in [-0.2, 0) is 16.0 Å². The molecule has 164 valence electrons. The van der Waals surface area contributed by atoms with Gasteiger partial charge in [-0.25, -0.2) is 0 Å². The first-order valence-corrected chi connectivity index (χ1v) is 10.4. The highest BCUT2D eigenvalue weighted by Gasteiger charge is 2.21. The van der Waals surface area contributed by atoms with Crippen LogP contribution in [0.4, 0.5) is 5.69 Å². The zero-order valence-electron chi connectivity index (χ0n) is 18.1. The Labute approximate surface area is 182 Å². The second kappa shape index (κ2) is 10.5. The van der Waals surface area contributed by atoms with E-state index in [0.29, 0.717) is 24.6 Å². The van der Waals surface area contributed by atoms with Crippen LogP contribution in [0.5, 0.6) is 17.2 Å². The molecule has 2 amide bonds. The predicted octanol–water partition coefficient (Wildman–Crippen LogP) is 3.58. The van der Waals surface area contributed by atoms with E-state index in [9.17, 15) is 9.59 Å². The van der Waals surface area contributed by atoms with Gasteiger partial charge in [-0.2, -0.15) is 0 Å². The number of anilines is 1. The average molecular weight is 424 g/mol. The summed E-state index contributed by atoms with van der Waals surface area (Å²) in [7, 11) is 0. The summed E-state index contributed by atoms with van der Waals surface area (Å²) in [5.41, 5.74) is 2.53. The van der Waals surface area contributed by atoms with Crippen molar-refractivity contribution in [3.8, 4) is 17.2 Å². The van der Waals surface area contributed by atoms with Crippen molar-refractivity contribution in [1.82, 2.24) is 5.32 Å². The molecule has 1 unspecified atom stereocenters.